The van der Waals surface area contributed by atoms with Gasteiger partial charge in [0.25, 0.3) is 0 Å². The Morgan fingerprint density at radius 2 is 1.48 bits per heavy atom. The van der Waals surface area contributed by atoms with Gasteiger partial charge in [-0.3, -0.25) is 0 Å². The predicted octanol–water partition coefficient (Wildman–Crippen LogP) is 4.69. The number of nitrogens with zero attached hydrogens (tertiary/aromatic N) is 1. The Kier molecular flexibility index (Phi) is 3.79. The van der Waals surface area contributed by atoms with Gasteiger partial charge in [-0.15, -0.1) is 11.3 Å². The molecule has 21 heavy (non-hydrogen) atoms. The highest BCUT2D eigenvalue weighted by Crippen LogP contribution is 2.42. The molecular weight excluding hydrogens is 280 g/mol. The fourth-order valence-electron chi connectivity index (χ4n) is 2.35. The van der Waals surface area contributed by atoms with Gasteiger partial charge < -0.3 is 10.8 Å². The zero-order valence-electron chi connectivity index (χ0n) is 13.6. The van der Waals surface area contributed by atoms with Crippen molar-refractivity contribution in [1.29, 1.82) is 0 Å². The number of thiazole rings is 1. The van der Waals surface area contributed by atoms with Crippen LogP contribution in [0.1, 0.15) is 52.7 Å². The second kappa shape index (κ2) is 5.02. The molecule has 0 saturated carbocycles. The maximum Gasteiger partial charge on any atom is 0.180 e. The third-order valence-electron chi connectivity index (χ3n) is 3.54. The molecule has 0 saturated heterocycles. The van der Waals surface area contributed by atoms with E-state index in [9.17, 15) is 5.11 Å². The summed E-state index contributed by atoms with van der Waals surface area (Å²) in [6.07, 6.45) is 0. The maximum absolute atomic E-state index is 10.7. The number of hydrogen-bond acceptors (Lipinski definition) is 4. The summed E-state index contributed by atoms with van der Waals surface area (Å²) >= 11 is 1.43. The number of aromatic hydroxyl groups is 1. The predicted molar refractivity (Wildman–Crippen MR) is 91.0 cm³/mol. The van der Waals surface area contributed by atoms with Crippen LogP contribution in [-0.4, -0.2) is 10.1 Å². The smallest absolute Gasteiger partial charge is 0.180 e. The standard InChI is InChI=1S/C17H24N2OS/c1-16(2,3)11-7-10(13-9-21-15(18)19-13)8-12(14(11)20)17(4,5)6/h7-9,20H,1-6H3,(H2,18,19). The molecule has 0 amide bonds. The van der Waals surface area contributed by atoms with Crippen molar-refractivity contribution in [2.75, 3.05) is 5.73 Å². The average Bonchev–Trinajstić information content (AvgIpc) is 2.73. The largest absolute Gasteiger partial charge is 0.507 e. The molecule has 2 rings (SSSR count). The molecule has 0 atom stereocenters. The lowest BCUT2D eigenvalue weighted by atomic mass is 9.78. The van der Waals surface area contributed by atoms with Gasteiger partial charge in [-0.25, -0.2) is 4.98 Å². The Morgan fingerprint density at radius 3 is 1.81 bits per heavy atom. The molecule has 4 heteroatoms. The number of rotatable bonds is 1. The van der Waals surface area contributed by atoms with Gasteiger partial charge in [-0.05, 0) is 23.0 Å². The van der Waals surface area contributed by atoms with Crippen LogP contribution in [0.4, 0.5) is 5.13 Å². The first kappa shape index (κ1) is 15.8. The van der Waals surface area contributed by atoms with E-state index in [0.717, 1.165) is 22.4 Å². The van der Waals surface area contributed by atoms with Crippen LogP contribution in [0.5, 0.6) is 5.75 Å². The van der Waals surface area contributed by atoms with E-state index in [1.807, 2.05) is 17.5 Å². The van der Waals surface area contributed by atoms with E-state index in [2.05, 4.69) is 46.5 Å². The van der Waals surface area contributed by atoms with E-state index in [0.29, 0.717) is 10.9 Å². The van der Waals surface area contributed by atoms with Gasteiger partial charge in [0, 0.05) is 22.1 Å². The molecule has 1 aromatic heterocycles. The first-order valence-corrected chi connectivity index (χ1v) is 7.97. The lowest BCUT2D eigenvalue weighted by Gasteiger charge is -2.28. The maximum atomic E-state index is 10.7. The second-order valence-electron chi connectivity index (χ2n) is 7.49. The summed E-state index contributed by atoms with van der Waals surface area (Å²) in [6.45, 7) is 12.6. The van der Waals surface area contributed by atoms with Crippen LogP contribution >= 0.6 is 11.3 Å². The van der Waals surface area contributed by atoms with Crippen LogP contribution in [0.25, 0.3) is 11.3 Å². The molecule has 1 heterocycles. The minimum atomic E-state index is -0.137. The normalized spacial score (nSPS) is 12.7. The summed E-state index contributed by atoms with van der Waals surface area (Å²) in [4.78, 5) is 4.37. The Labute approximate surface area is 130 Å². The third kappa shape index (κ3) is 3.21. The number of benzene rings is 1. The first-order chi connectivity index (χ1) is 9.50. The van der Waals surface area contributed by atoms with E-state index in [4.69, 9.17) is 5.73 Å². The zero-order chi connectivity index (χ0) is 16.0. The van der Waals surface area contributed by atoms with Crippen molar-refractivity contribution in [3.05, 3.63) is 28.6 Å². The van der Waals surface area contributed by atoms with Crippen molar-refractivity contribution in [3.63, 3.8) is 0 Å². The molecule has 0 radical (unpaired) electrons. The van der Waals surface area contributed by atoms with Crippen molar-refractivity contribution >= 4 is 16.5 Å². The summed E-state index contributed by atoms with van der Waals surface area (Å²) in [7, 11) is 0. The van der Waals surface area contributed by atoms with Crippen molar-refractivity contribution in [3.8, 4) is 17.0 Å². The SMILES string of the molecule is CC(C)(C)c1cc(-c2csc(N)n2)cc(C(C)(C)C)c1O. The number of aromatic nitrogens is 1. The number of phenols is 1. The van der Waals surface area contributed by atoms with Crippen LogP contribution in [0.2, 0.25) is 0 Å². The molecule has 0 aliphatic carbocycles. The summed E-state index contributed by atoms with van der Waals surface area (Å²) in [5.74, 6) is 0.391. The lowest BCUT2D eigenvalue weighted by Crippen LogP contribution is -2.17. The van der Waals surface area contributed by atoms with Gasteiger partial charge in [0.05, 0.1) is 5.69 Å². The van der Waals surface area contributed by atoms with E-state index in [-0.39, 0.29) is 10.8 Å². The Morgan fingerprint density at radius 1 is 1.00 bits per heavy atom. The highest BCUT2D eigenvalue weighted by Gasteiger charge is 2.27. The number of anilines is 1. The minimum absolute atomic E-state index is 0.137. The Balaban J connectivity index is 2.74. The molecule has 0 fully saturated rings. The Bertz CT molecular complexity index is 625. The summed E-state index contributed by atoms with van der Waals surface area (Å²) < 4.78 is 0. The van der Waals surface area contributed by atoms with E-state index in [1.165, 1.54) is 11.3 Å². The second-order valence-corrected chi connectivity index (χ2v) is 8.38. The number of nitrogens with two attached hydrogens (primary N) is 1. The van der Waals surface area contributed by atoms with Crippen molar-refractivity contribution < 1.29 is 5.11 Å². The van der Waals surface area contributed by atoms with E-state index >= 15 is 0 Å². The molecule has 0 aliphatic rings. The summed E-state index contributed by atoms with van der Waals surface area (Å²) in [6, 6.07) is 4.05. The monoisotopic (exact) mass is 304 g/mol. The topological polar surface area (TPSA) is 59.1 Å². The third-order valence-corrected chi connectivity index (χ3v) is 4.22. The molecule has 114 valence electrons. The van der Waals surface area contributed by atoms with Crippen LogP contribution < -0.4 is 5.73 Å². The van der Waals surface area contributed by atoms with Gasteiger partial charge in [0.1, 0.15) is 5.75 Å². The van der Waals surface area contributed by atoms with Crippen molar-refractivity contribution in [2.45, 2.75) is 52.4 Å². The van der Waals surface area contributed by atoms with Crippen molar-refractivity contribution in [2.24, 2.45) is 0 Å². The van der Waals surface area contributed by atoms with Gasteiger partial charge in [0.15, 0.2) is 5.13 Å². The molecule has 1 aromatic carbocycles. The highest BCUT2D eigenvalue weighted by atomic mass is 32.1. The molecule has 0 aliphatic heterocycles. The number of hydrogen-bond donors (Lipinski definition) is 2. The quantitative estimate of drug-likeness (QED) is 0.803. The molecule has 0 bridgehead atoms. The van der Waals surface area contributed by atoms with Crippen LogP contribution in [0.3, 0.4) is 0 Å². The van der Waals surface area contributed by atoms with E-state index in [1.54, 1.807) is 0 Å². The van der Waals surface area contributed by atoms with E-state index < -0.39 is 0 Å². The number of phenolic OH excluding ortho intramolecular Hbond substituents is 1. The number of nitrogen functional groups attached to an aromatic ring is 1. The van der Waals surface area contributed by atoms with Gasteiger partial charge in [0.2, 0.25) is 0 Å². The van der Waals surface area contributed by atoms with Crippen LogP contribution in [-0.2, 0) is 10.8 Å². The molecular formula is C17H24N2OS. The van der Waals surface area contributed by atoms with Gasteiger partial charge in [-0.2, -0.15) is 0 Å². The van der Waals surface area contributed by atoms with Crippen molar-refractivity contribution in [1.82, 2.24) is 4.98 Å². The minimum Gasteiger partial charge on any atom is -0.507 e. The fourth-order valence-corrected chi connectivity index (χ4v) is 2.92. The van der Waals surface area contributed by atoms with Gasteiger partial charge in [-0.1, -0.05) is 41.5 Å². The average molecular weight is 304 g/mol. The van der Waals surface area contributed by atoms with Crippen LogP contribution in [0, 0.1) is 0 Å². The Hall–Kier alpha value is -1.55. The summed E-state index contributed by atoms with van der Waals surface area (Å²) in [5.41, 5.74) is 9.24. The van der Waals surface area contributed by atoms with Crippen LogP contribution in [0.15, 0.2) is 17.5 Å². The molecule has 0 spiro atoms. The lowest BCUT2D eigenvalue weighted by molar-refractivity contribution is 0.423. The zero-order valence-corrected chi connectivity index (χ0v) is 14.4. The highest BCUT2D eigenvalue weighted by molar-refractivity contribution is 7.13. The molecule has 3 N–H and O–H groups in total. The summed E-state index contributed by atoms with van der Waals surface area (Å²) in [5, 5.41) is 13.2. The molecule has 2 aromatic rings. The fraction of sp³-hybridized carbons (Fsp3) is 0.471. The molecule has 3 nitrogen and oxygen atoms in total. The first-order valence-electron chi connectivity index (χ1n) is 7.09. The molecule has 0 unspecified atom stereocenters. The van der Waals surface area contributed by atoms with Gasteiger partial charge >= 0.3 is 0 Å².